The average molecular weight is 469 g/mol. The smallest absolute Gasteiger partial charge is 0.220 e. The summed E-state index contributed by atoms with van der Waals surface area (Å²) in [7, 11) is 1.67. The fourth-order valence-electron chi connectivity index (χ4n) is 4.82. The van der Waals surface area contributed by atoms with Crippen LogP contribution in [0.25, 0.3) is 5.57 Å². The number of aryl methyl sites for hydroxylation is 1. The topological polar surface area (TPSA) is 79.2 Å². The van der Waals surface area contributed by atoms with Gasteiger partial charge in [0.15, 0.2) is 5.78 Å². The van der Waals surface area contributed by atoms with E-state index in [1.165, 1.54) is 5.56 Å². The summed E-state index contributed by atoms with van der Waals surface area (Å²) in [5.74, 6) is 0.947. The van der Waals surface area contributed by atoms with E-state index in [0.29, 0.717) is 25.7 Å². The summed E-state index contributed by atoms with van der Waals surface area (Å²) in [4.78, 5) is 26.3. The number of carbonyl (C=O) groups excluding carboxylic acids is 2. The molecule has 178 valence electrons. The van der Waals surface area contributed by atoms with E-state index in [-0.39, 0.29) is 23.7 Å². The van der Waals surface area contributed by atoms with E-state index in [1.54, 1.807) is 13.2 Å². The number of nitrogens with one attached hydrogen (secondary N) is 2. The van der Waals surface area contributed by atoms with Gasteiger partial charge in [-0.15, -0.1) is 0 Å². The van der Waals surface area contributed by atoms with Gasteiger partial charge in [-0.25, -0.2) is 0 Å². The zero-order valence-corrected chi connectivity index (χ0v) is 20.7. The normalized spacial score (nSPS) is 23.7. The summed E-state index contributed by atoms with van der Waals surface area (Å²) in [5, 5.41) is 10.9. The molecule has 1 fully saturated rings. The molecule has 1 amide bonds. The van der Waals surface area contributed by atoms with Crippen LogP contribution in [0.3, 0.4) is 0 Å². The van der Waals surface area contributed by atoms with Gasteiger partial charge in [0.05, 0.1) is 7.11 Å². The summed E-state index contributed by atoms with van der Waals surface area (Å²) in [6.45, 7) is 2.15. The largest absolute Gasteiger partial charge is 0.497 e. The number of rotatable bonds is 7. The van der Waals surface area contributed by atoms with Gasteiger partial charge >= 0.3 is 0 Å². The molecule has 2 aliphatic rings. The van der Waals surface area contributed by atoms with Crippen molar-refractivity contribution in [2.75, 3.05) is 7.11 Å². The van der Waals surface area contributed by atoms with Crippen LogP contribution in [0.4, 0.5) is 0 Å². The van der Waals surface area contributed by atoms with Gasteiger partial charge in [-0.1, -0.05) is 31.6 Å². The maximum absolute atomic E-state index is 12.8. The Morgan fingerprint density at radius 2 is 1.91 bits per heavy atom. The van der Waals surface area contributed by atoms with Gasteiger partial charge < -0.3 is 15.5 Å². The molecule has 6 heteroatoms. The predicted molar refractivity (Wildman–Crippen MR) is 137 cm³/mol. The highest BCUT2D eigenvalue weighted by atomic mass is 32.1. The van der Waals surface area contributed by atoms with Crippen molar-refractivity contribution in [1.29, 1.82) is 5.41 Å². The molecule has 0 heterocycles. The zero-order chi connectivity index (χ0) is 23.8. The molecule has 0 aliphatic heterocycles. The van der Waals surface area contributed by atoms with E-state index in [9.17, 15) is 9.59 Å². The molecule has 0 spiro atoms. The number of methoxy groups -OCH3 is 1. The van der Waals surface area contributed by atoms with Crippen LogP contribution in [0, 0.1) is 11.3 Å². The second-order valence-corrected chi connectivity index (χ2v) is 9.78. The Bertz CT molecular complexity index is 927. The molecule has 1 saturated carbocycles. The molecule has 5 nitrogen and oxygen atoms in total. The first-order valence-corrected chi connectivity index (χ1v) is 12.6. The first kappa shape index (κ1) is 25.3. The lowest BCUT2D eigenvalue weighted by molar-refractivity contribution is -0.122. The standard InChI is InChI=1S/C27H36N2O3S/c1-3-4-18-16-24(32-2)12-13-25(18)19-5-6-20(26(33)14-11-23(30)15-19)17-27(31)29-22-9-7-21(28)8-10-22/h12-13,15-16,20,22,28H,3-11,14,17H2,1-2H3,(H,29,31)/b19-15+,28-21?. The molecule has 3 rings (SSSR count). The zero-order valence-electron chi connectivity index (χ0n) is 19.9. The van der Waals surface area contributed by atoms with Gasteiger partial charge in [0.25, 0.3) is 0 Å². The third kappa shape index (κ3) is 7.32. The molecular formula is C27H36N2O3S. The third-order valence-electron chi connectivity index (χ3n) is 6.73. The minimum atomic E-state index is -0.0101. The molecule has 2 aliphatic carbocycles. The SMILES string of the molecule is CCCc1cc(OC)ccc1/C1=C/C(=O)CCC(=S)C(CC(=O)NC2CCC(=N)CC2)CC1. The number of benzene rings is 1. The van der Waals surface area contributed by atoms with Crippen LogP contribution < -0.4 is 10.1 Å². The van der Waals surface area contributed by atoms with Crippen molar-refractivity contribution in [2.45, 2.75) is 83.6 Å². The van der Waals surface area contributed by atoms with Crippen molar-refractivity contribution < 1.29 is 14.3 Å². The van der Waals surface area contributed by atoms with Crippen LogP contribution in [0.2, 0.25) is 0 Å². The highest BCUT2D eigenvalue weighted by Gasteiger charge is 2.25. The Hall–Kier alpha value is -2.34. The van der Waals surface area contributed by atoms with Crippen LogP contribution in [0.15, 0.2) is 24.3 Å². The van der Waals surface area contributed by atoms with E-state index in [1.807, 2.05) is 6.07 Å². The van der Waals surface area contributed by atoms with Crippen LogP contribution in [-0.2, 0) is 16.0 Å². The summed E-state index contributed by atoms with van der Waals surface area (Å²) < 4.78 is 5.41. The molecule has 0 aromatic heterocycles. The van der Waals surface area contributed by atoms with Gasteiger partial charge in [0.1, 0.15) is 5.75 Å². The predicted octanol–water partition coefficient (Wildman–Crippen LogP) is 5.63. The summed E-state index contributed by atoms with van der Waals surface area (Å²) in [5.41, 5.74) is 4.11. The van der Waals surface area contributed by atoms with Crippen molar-refractivity contribution in [2.24, 2.45) is 5.92 Å². The summed E-state index contributed by atoms with van der Waals surface area (Å²) in [6.07, 6.45) is 9.75. The number of carbonyl (C=O) groups is 2. The van der Waals surface area contributed by atoms with Gasteiger partial charge in [0, 0.05) is 24.6 Å². The Labute approximate surface area is 202 Å². The quantitative estimate of drug-likeness (QED) is 0.508. The fraction of sp³-hybridized carbons (Fsp3) is 0.556. The number of ketones is 1. The number of thiocarbonyl (C=S) groups is 1. The number of hydrogen-bond donors (Lipinski definition) is 2. The molecular weight excluding hydrogens is 432 g/mol. The second-order valence-electron chi connectivity index (χ2n) is 9.26. The molecule has 1 aromatic rings. The molecule has 1 aromatic carbocycles. The molecule has 0 radical (unpaired) electrons. The number of allylic oxidation sites excluding steroid dienone is 2. The Kier molecular flexibility index (Phi) is 9.36. The van der Waals surface area contributed by atoms with E-state index in [2.05, 4.69) is 24.4 Å². The van der Waals surface area contributed by atoms with Crippen LogP contribution in [0.1, 0.15) is 82.3 Å². The minimum Gasteiger partial charge on any atom is -0.497 e. The summed E-state index contributed by atoms with van der Waals surface area (Å²) in [6, 6.07) is 6.23. The van der Waals surface area contributed by atoms with Crippen molar-refractivity contribution in [3.05, 3.63) is 35.4 Å². The van der Waals surface area contributed by atoms with E-state index in [0.717, 1.165) is 72.4 Å². The average Bonchev–Trinajstić information content (AvgIpc) is 2.86. The van der Waals surface area contributed by atoms with Crippen molar-refractivity contribution in [1.82, 2.24) is 5.32 Å². The van der Waals surface area contributed by atoms with Crippen LogP contribution in [-0.4, -0.2) is 35.4 Å². The highest BCUT2D eigenvalue weighted by Crippen LogP contribution is 2.32. The van der Waals surface area contributed by atoms with Gasteiger partial charge in [-0.2, -0.15) is 0 Å². The van der Waals surface area contributed by atoms with E-state index in [4.69, 9.17) is 22.4 Å². The Balaban J connectivity index is 1.73. The van der Waals surface area contributed by atoms with Crippen molar-refractivity contribution in [3.63, 3.8) is 0 Å². The van der Waals surface area contributed by atoms with E-state index >= 15 is 0 Å². The van der Waals surface area contributed by atoms with Crippen LogP contribution in [0.5, 0.6) is 5.75 Å². The summed E-state index contributed by atoms with van der Waals surface area (Å²) >= 11 is 5.68. The lowest BCUT2D eigenvalue weighted by atomic mass is 9.88. The molecule has 0 saturated heterocycles. The fourth-order valence-corrected chi connectivity index (χ4v) is 5.12. The molecule has 1 atom stereocenters. The van der Waals surface area contributed by atoms with Gasteiger partial charge in [0.2, 0.25) is 5.91 Å². The van der Waals surface area contributed by atoms with E-state index < -0.39 is 0 Å². The van der Waals surface area contributed by atoms with Gasteiger partial charge in [-0.05, 0) is 97.1 Å². The molecule has 33 heavy (non-hydrogen) atoms. The first-order chi connectivity index (χ1) is 15.9. The monoisotopic (exact) mass is 468 g/mol. The third-order valence-corrected chi connectivity index (χ3v) is 7.27. The number of hydrogen-bond acceptors (Lipinski definition) is 5. The molecule has 2 N–H and O–H groups in total. The number of amides is 1. The first-order valence-electron chi connectivity index (χ1n) is 12.2. The maximum Gasteiger partial charge on any atom is 0.220 e. The molecule has 0 bridgehead atoms. The van der Waals surface area contributed by atoms with Gasteiger partial charge in [-0.3, -0.25) is 9.59 Å². The Morgan fingerprint density at radius 1 is 1.15 bits per heavy atom. The van der Waals surface area contributed by atoms with Crippen LogP contribution >= 0.6 is 12.2 Å². The molecule has 1 unspecified atom stereocenters. The lowest BCUT2D eigenvalue weighted by Gasteiger charge is -2.25. The maximum atomic E-state index is 12.8. The minimum absolute atomic E-state index is 0.0101. The lowest BCUT2D eigenvalue weighted by Crippen LogP contribution is -2.39. The Morgan fingerprint density at radius 3 is 2.61 bits per heavy atom. The number of ether oxygens (including phenoxy) is 1. The van der Waals surface area contributed by atoms with Crippen molar-refractivity contribution >= 4 is 40.1 Å². The highest BCUT2D eigenvalue weighted by molar-refractivity contribution is 7.80. The second kappa shape index (κ2) is 12.2. The van der Waals surface area contributed by atoms with Crippen molar-refractivity contribution in [3.8, 4) is 5.75 Å².